The van der Waals surface area contributed by atoms with Crippen LogP contribution >= 0.6 is 23.1 Å². The maximum Gasteiger partial charge on any atom is 0.0501 e. The Morgan fingerprint density at radius 3 is 2.42 bits per heavy atom. The van der Waals surface area contributed by atoms with Gasteiger partial charge in [0.1, 0.15) is 0 Å². The zero-order chi connectivity index (χ0) is 34.2. The molecule has 2 aliphatic carbocycles. The fourth-order valence-electron chi connectivity index (χ4n) is 9.85. The predicted molar refractivity (Wildman–Crippen MR) is 226 cm³/mol. The summed E-state index contributed by atoms with van der Waals surface area (Å²) in [6.45, 7) is 0. The highest BCUT2D eigenvalue weighted by atomic mass is 32.2. The summed E-state index contributed by atoms with van der Waals surface area (Å²) in [4.78, 5) is 3.88. The lowest BCUT2D eigenvalue weighted by Gasteiger charge is -2.34. The van der Waals surface area contributed by atoms with E-state index in [0.29, 0.717) is 11.2 Å². The van der Waals surface area contributed by atoms with Gasteiger partial charge in [0, 0.05) is 83.4 Å². The highest BCUT2D eigenvalue weighted by Gasteiger charge is 2.34. The summed E-state index contributed by atoms with van der Waals surface area (Å²) in [6, 6.07) is 39.3. The summed E-state index contributed by atoms with van der Waals surface area (Å²) in [5, 5.41) is 8.69. The van der Waals surface area contributed by atoms with Crippen LogP contribution in [-0.2, 0) is 7.05 Å². The average Bonchev–Trinajstić information content (AvgIpc) is 3.86. The van der Waals surface area contributed by atoms with Crippen LogP contribution in [0.15, 0.2) is 144 Å². The number of aryl methyl sites for hydroxylation is 1. The third-order valence-corrected chi connectivity index (χ3v) is 14.7. The molecule has 4 heteroatoms. The minimum absolute atomic E-state index is 0.429. The first-order valence-electron chi connectivity index (χ1n) is 18.3. The smallest absolute Gasteiger partial charge is 0.0501 e. The van der Waals surface area contributed by atoms with Crippen LogP contribution in [0.2, 0.25) is 0 Å². The Kier molecular flexibility index (Phi) is 5.99. The van der Waals surface area contributed by atoms with Crippen molar-refractivity contribution in [3.05, 3.63) is 156 Å². The van der Waals surface area contributed by atoms with E-state index in [1.807, 2.05) is 23.1 Å². The van der Waals surface area contributed by atoms with E-state index < -0.39 is 0 Å². The van der Waals surface area contributed by atoms with Crippen LogP contribution in [0.5, 0.6) is 0 Å². The molecule has 0 saturated heterocycles. The highest BCUT2D eigenvalue weighted by molar-refractivity contribution is 8.00. The lowest BCUT2D eigenvalue weighted by molar-refractivity contribution is 0.883. The number of anilines is 1. The van der Waals surface area contributed by atoms with E-state index in [1.54, 1.807) is 0 Å². The number of hydrogen-bond donors (Lipinski definition) is 0. The molecule has 2 aliphatic heterocycles. The van der Waals surface area contributed by atoms with Gasteiger partial charge in [0.25, 0.3) is 0 Å². The molecule has 0 saturated carbocycles. The first-order valence-corrected chi connectivity index (χ1v) is 20.0. The maximum atomic E-state index is 2.51. The molecule has 0 radical (unpaired) electrons. The van der Waals surface area contributed by atoms with Gasteiger partial charge in [0.15, 0.2) is 0 Å². The SMILES string of the molecule is CN1C2=C(CCC(c3cccc4sc5ccccc5c34)=C2)c2cc3c(c4cccc1c24)c1ccc(-c2cccc4c2C2C=CC=CC2S4)cc1n3C. The molecular formula is C48H34N2S2. The molecule has 4 aliphatic rings. The van der Waals surface area contributed by atoms with E-state index in [2.05, 4.69) is 157 Å². The van der Waals surface area contributed by atoms with Gasteiger partial charge in [-0.1, -0.05) is 91.0 Å². The van der Waals surface area contributed by atoms with Crippen LogP contribution < -0.4 is 4.90 Å². The van der Waals surface area contributed by atoms with Crippen molar-refractivity contribution < 1.29 is 0 Å². The first kappa shape index (κ1) is 29.3. The molecule has 0 bridgehead atoms. The first-order chi connectivity index (χ1) is 25.6. The van der Waals surface area contributed by atoms with Crippen molar-refractivity contribution in [2.24, 2.45) is 7.05 Å². The normalized spacial score (nSPS) is 19.0. The summed E-state index contributed by atoms with van der Waals surface area (Å²) in [7, 11) is 4.53. The van der Waals surface area contributed by atoms with Crippen molar-refractivity contribution in [2.75, 3.05) is 11.9 Å². The van der Waals surface area contributed by atoms with Crippen molar-refractivity contribution in [1.29, 1.82) is 0 Å². The number of benzene rings is 6. The molecule has 8 aromatic rings. The van der Waals surface area contributed by atoms with Gasteiger partial charge >= 0.3 is 0 Å². The van der Waals surface area contributed by atoms with Crippen molar-refractivity contribution in [3.8, 4) is 11.1 Å². The third-order valence-electron chi connectivity index (χ3n) is 12.2. The van der Waals surface area contributed by atoms with E-state index >= 15 is 0 Å². The molecule has 4 heterocycles. The van der Waals surface area contributed by atoms with Crippen LogP contribution in [0.4, 0.5) is 5.69 Å². The number of allylic oxidation sites excluding steroid dienone is 6. The molecule has 2 nitrogen and oxygen atoms in total. The predicted octanol–water partition coefficient (Wildman–Crippen LogP) is 13.2. The van der Waals surface area contributed by atoms with Gasteiger partial charge < -0.3 is 9.47 Å². The van der Waals surface area contributed by atoms with E-state index in [-0.39, 0.29) is 0 Å². The standard InChI is InChI=1S/C48H34N2S2/c1-49-37-15-7-14-35-45-32-23-21-28(30-13-9-19-44-48(30)34-11-4-6-17-42(34)52-44)25-39(32)50(2)40(45)26-36(46(35)37)31-22-20-27(24-38(31)49)29-12-8-18-43-47(29)33-10-3-5-16-41(33)51-43/h3-19,21,23-26,34,42H,20,22H2,1-2H3. The third kappa shape index (κ3) is 3.86. The van der Waals surface area contributed by atoms with Gasteiger partial charge in [-0.15, -0.1) is 23.1 Å². The fraction of sp³-hybridized carbons (Fsp3) is 0.125. The number of nitrogens with zero attached hydrogens (tertiary/aromatic N) is 2. The summed E-state index contributed by atoms with van der Waals surface area (Å²) in [5.41, 5.74) is 15.0. The monoisotopic (exact) mass is 702 g/mol. The van der Waals surface area contributed by atoms with Gasteiger partial charge in [0.2, 0.25) is 0 Å². The molecular weight excluding hydrogens is 669 g/mol. The second kappa shape index (κ2) is 10.6. The molecule has 2 atom stereocenters. The van der Waals surface area contributed by atoms with Crippen LogP contribution in [0.1, 0.15) is 35.4 Å². The number of hydrogen-bond acceptors (Lipinski definition) is 3. The maximum absolute atomic E-state index is 2.51. The van der Waals surface area contributed by atoms with Gasteiger partial charge in [-0.2, -0.15) is 0 Å². The Labute approximate surface area is 310 Å². The number of fused-ring (bicyclic) bond motifs is 11. The molecule has 0 fully saturated rings. The fourth-order valence-corrected chi connectivity index (χ4v) is 12.3. The minimum Gasteiger partial charge on any atom is -0.344 e. The van der Waals surface area contributed by atoms with Gasteiger partial charge in [-0.3, -0.25) is 0 Å². The number of rotatable bonds is 2. The summed E-state index contributed by atoms with van der Waals surface area (Å²) < 4.78 is 5.18. The lowest BCUT2D eigenvalue weighted by Crippen LogP contribution is -2.22. The topological polar surface area (TPSA) is 8.17 Å². The van der Waals surface area contributed by atoms with Gasteiger partial charge in [0.05, 0.1) is 5.52 Å². The zero-order valence-electron chi connectivity index (χ0n) is 29.0. The number of likely N-dealkylation sites (N-methyl/N-ethyl adjacent to an activating group) is 1. The van der Waals surface area contributed by atoms with Crippen molar-refractivity contribution in [1.82, 2.24) is 4.57 Å². The van der Waals surface area contributed by atoms with E-state index in [1.165, 1.54) is 108 Å². The molecule has 2 aromatic heterocycles. The van der Waals surface area contributed by atoms with Gasteiger partial charge in [-0.05, 0) is 99.7 Å². The van der Waals surface area contributed by atoms with Crippen LogP contribution in [0, 0.1) is 0 Å². The van der Waals surface area contributed by atoms with Crippen LogP contribution in [0.25, 0.3) is 75.0 Å². The Morgan fingerprint density at radius 1 is 0.635 bits per heavy atom. The average molecular weight is 703 g/mol. The Morgan fingerprint density at radius 2 is 1.46 bits per heavy atom. The highest BCUT2D eigenvalue weighted by Crippen LogP contribution is 2.53. The minimum atomic E-state index is 0.429. The van der Waals surface area contributed by atoms with Crippen molar-refractivity contribution in [2.45, 2.75) is 28.9 Å². The lowest BCUT2D eigenvalue weighted by atomic mass is 9.82. The number of thioether (sulfide) groups is 1. The Hall–Kier alpha value is -5.29. The second-order valence-electron chi connectivity index (χ2n) is 14.8. The summed E-state index contributed by atoms with van der Waals surface area (Å²) >= 11 is 3.91. The summed E-state index contributed by atoms with van der Waals surface area (Å²) in [6.07, 6.45) is 13.7. The molecule has 248 valence electrons. The molecule has 0 N–H and O–H groups in total. The molecule has 0 spiro atoms. The molecule has 12 rings (SSSR count). The van der Waals surface area contributed by atoms with Crippen LogP contribution in [0.3, 0.4) is 0 Å². The van der Waals surface area contributed by atoms with E-state index in [9.17, 15) is 0 Å². The van der Waals surface area contributed by atoms with E-state index in [0.717, 1.165) is 12.8 Å². The molecule has 2 unspecified atom stereocenters. The quantitative estimate of drug-likeness (QED) is 0.177. The number of thiophene rings is 1. The molecule has 52 heavy (non-hydrogen) atoms. The van der Waals surface area contributed by atoms with Crippen molar-refractivity contribution in [3.63, 3.8) is 0 Å². The molecule has 6 aromatic carbocycles. The number of aromatic nitrogens is 1. The largest absolute Gasteiger partial charge is 0.344 e. The Bertz CT molecular complexity index is 3040. The second-order valence-corrected chi connectivity index (χ2v) is 17.1. The molecule has 0 amide bonds. The van der Waals surface area contributed by atoms with Crippen molar-refractivity contribution >= 4 is 92.7 Å². The zero-order valence-corrected chi connectivity index (χ0v) is 30.6. The van der Waals surface area contributed by atoms with E-state index in [4.69, 9.17) is 0 Å². The van der Waals surface area contributed by atoms with Crippen LogP contribution in [-0.4, -0.2) is 16.9 Å². The van der Waals surface area contributed by atoms with Gasteiger partial charge in [-0.25, -0.2) is 0 Å². The summed E-state index contributed by atoms with van der Waals surface area (Å²) in [5.74, 6) is 0.429. The Balaban J connectivity index is 1.05.